The van der Waals surface area contributed by atoms with E-state index in [0.29, 0.717) is 16.7 Å². The lowest BCUT2D eigenvalue weighted by Crippen LogP contribution is -2.10. The lowest BCUT2D eigenvalue weighted by molar-refractivity contribution is 0.0521. The molecule has 0 radical (unpaired) electrons. The lowest BCUT2D eigenvalue weighted by atomic mass is 10.1. The molecule has 3 rings (SSSR count). The summed E-state index contributed by atoms with van der Waals surface area (Å²) in [6.07, 6.45) is 3.21. The first-order valence-corrected chi connectivity index (χ1v) is 7.85. The Kier molecular flexibility index (Phi) is 4.91. The molecule has 0 spiro atoms. The highest BCUT2D eigenvalue weighted by Gasteiger charge is 2.23. The van der Waals surface area contributed by atoms with Crippen molar-refractivity contribution in [3.8, 4) is 5.75 Å². The Morgan fingerprint density at radius 2 is 2.00 bits per heavy atom. The molecule has 0 amide bonds. The molecule has 1 aromatic carbocycles. The number of pyridine rings is 2. The Bertz CT molecular complexity index is 869. The van der Waals surface area contributed by atoms with Crippen LogP contribution in [-0.4, -0.2) is 22.5 Å². The zero-order valence-electron chi connectivity index (χ0n) is 13.0. The van der Waals surface area contributed by atoms with E-state index in [4.69, 9.17) is 21.1 Å². The predicted octanol–water partition coefficient (Wildman–Crippen LogP) is 4.04. The first-order valence-electron chi connectivity index (χ1n) is 7.47. The van der Waals surface area contributed by atoms with Gasteiger partial charge in [-0.1, -0.05) is 41.9 Å². The summed E-state index contributed by atoms with van der Waals surface area (Å²) in [5, 5.41) is 0.663. The van der Waals surface area contributed by atoms with Crippen LogP contribution in [0.25, 0.3) is 10.9 Å². The number of nitrogens with zero attached hydrogens (tertiary/aromatic N) is 2. The van der Waals surface area contributed by atoms with Crippen LogP contribution in [-0.2, 0) is 11.3 Å². The highest BCUT2D eigenvalue weighted by molar-refractivity contribution is 6.33. The fourth-order valence-corrected chi connectivity index (χ4v) is 2.56. The van der Waals surface area contributed by atoms with Crippen molar-refractivity contribution in [1.82, 2.24) is 9.97 Å². The van der Waals surface area contributed by atoms with E-state index in [1.165, 1.54) is 0 Å². The number of hydrogen-bond acceptors (Lipinski definition) is 5. The van der Waals surface area contributed by atoms with Crippen molar-refractivity contribution in [2.45, 2.75) is 13.5 Å². The minimum Gasteiger partial charge on any atom is -0.487 e. The smallest absolute Gasteiger partial charge is 0.345 e. The summed E-state index contributed by atoms with van der Waals surface area (Å²) in [6.45, 7) is 2.25. The van der Waals surface area contributed by atoms with Crippen molar-refractivity contribution < 1.29 is 14.3 Å². The molecule has 0 bridgehead atoms. The fourth-order valence-electron chi connectivity index (χ4n) is 2.31. The van der Waals surface area contributed by atoms with Gasteiger partial charge in [-0.05, 0) is 18.6 Å². The second kappa shape index (κ2) is 7.27. The second-order valence-electron chi connectivity index (χ2n) is 4.99. The van der Waals surface area contributed by atoms with E-state index in [9.17, 15) is 4.79 Å². The van der Waals surface area contributed by atoms with Crippen molar-refractivity contribution in [3.05, 3.63) is 65.1 Å². The SMILES string of the molecule is CCOC(=O)c1c(Cl)nc2ccncc2c1OCc1ccccc1. The van der Waals surface area contributed by atoms with Crippen LogP contribution in [0.15, 0.2) is 48.8 Å². The molecule has 0 fully saturated rings. The molecular formula is C18H15ClN2O3. The average Bonchev–Trinajstić information content (AvgIpc) is 2.60. The van der Waals surface area contributed by atoms with Crippen LogP contribution in [0, 0.1) is 0 Å². The van der Waals surface area contributed by atoms with Gasteiger partial charge < -0.3 is 9.47 Å². The van der Waals surface area contributed by atoms with Gasteiger partial charge in [0.05, 0.1) is 17.5 Å². The monoisotopic (exact) mass is 342 g/mol. The predicted molar refractivity (Wildman–Crippen MR) is 91.3 cm³/mol. The van der Waals surface area contributed by atoms with Crippen LogP contribution >= 0.6 is 11.6 Å². The minimum atomic E-state index is -0.566. The third-order valence-corrected chi connectivity index (χ3v) is 3.67. The van der Waals surface area contributed by atoms with Crippen LogP contribution in [0.1, 0.15) is 22.8 Å². The number of ether oxygens (including phenoxy) is 2. The van der Waals surface area contributed by atoms with E-state index in [2.05, 4.69) is 9.97 Å². The summed E-state index contributed by atoms with van der Waals surface area (Å²) in [6, 6.07) is 11.4. The van der Waals surface area contributed by atoms with Crippen molar-refractivity contribution in [2.75, 3.05) is 6.61 Å². The topological polar surface area (TPSA) is 61.3 Å². The van der Waals surface area contributed by atoms with Crippen molar-refractivity contribution in [1.29, 1.82) is 0 Å². The third kappa shape index (κ3) is 3.31. The molecule has 3 aromatic rings. The highest BCUT2D eigenvalue weighted by Crippen LogP contribution is 2.34. The Hall–Kier alpha value is -2.66. The number of hydrogen-bond donors (Lipinski definition) is 0. The van der Waals surface area contributed by atoms with Crippen molar-refractivity contribution >= 4 is 28.5 Å². The van der Waals surface area contributed by atoms with Gasteiger partial charge >= 0.3 is 5.97 Å². The number of esters is 1. The van der Waals surface area contributed by atoms with E-state index >= 15 is 0 Å². The molecule has 0 atom stereocenters. The number of fused-ring (bicyclic) bond motifs is 1. The third-order valence-electron chi connectivity index (χ3n) is 3.40. The van der Waals surface area contributed by atoms with Gasteiger partial charge in [0.2, 0.25) is 0 Å². The molecule has 122 valence electrons. The summed E-state index contributed by atoms with van der Waals surface area (Å²) < 4.78 is 11.0. The summed E-state index contributed by atoms with van der Waals surface area (Å²) in [5.74, 6) is -0.232. The summed E-state index contributed by atoms with van der Waals surface area (Å²) in [7, 11) is 0. The van der Waals surface area contributed by atoms with Crippen LogP contribution in [0.4, 0.5) is 0 Å². The number of halogens is 1. The molecule has 0 aliphatic heterocycles. The fraction of sp³-hybridized carbons (Fsp3) is 0.167. The Morgan fingerprint density at radius 1 is 1.21 bits per heavy atom. The van der Waals surface area contributed by atoms with Gasteiger partial charge in [-0.2, -0.15) is 0 Å². The van der Waals surface area contributed by atoms with Crippen LogP contribution in [0.3, 0.4) is 0 Å². The molecule has 5 nitrogen and oxygen atoms in total. The van der Waals surface area contributed by atoms with Crippen LogP contribution < -0.4 is 4.74 Å². The van der Waals surface area contributed by atoms with Crippen LogP contribution in [0.2, 0.25) is 5.15 Å². The Labute approximate surface area is 144 Å². The van der Waals surface area contributed by atoms with Crippen LogP contribution in [0.5, 0.6) is 5.75 Å². The second-order valence-corrected chi connectivity index (χ2v) is 5.35. The van der Waals surface area contributed by atoms with Gasteiger partial charge in [0, 0.05) is 12.4 Å². The van der Waals surface area contributed by atoms with Gasteiger partial charge in [0.25, 0.3) is 0 Å². The molecule has 0 N–H and O–H groups in total. The van der Waals surface area contributed by atoms with Crippen molar-refractivity contribution in [3.63, 3.8) is 0 Å². The lowest BCUT2D eigenvalue weighted by Gasteiger charge is -2.14. The zero-order chi connectivity index (χ0) is 16.9. The molecule has 0 saturated carbocycles. The summed E-state index contributed by atoms with van der Waals surface area (Å²) in [5.41, 5.74) is 1.69. The van der Waals surface area contributed by atoms with Gasteiger partial charge in [0.1, 0.15) is 23.1 Å². The molecule has 0 unspecified atom stereocenters. The molecule has 6 heteroatoms. The maximum absolute atomic E-state index is 12.3. The summed E-state index contributed by atoms with van der Waals surface area (Å²) >= 11 is 6.21. The number of carbonyl (C=O) groups excluding carboxylic acids is 1. The van der Waals surface area contributed by atoms with Gasteiger partial charge in [-0.3, -0.25) is 4.98 Å². The van der Waals surface area contributed by atoms with Gasteiger partial charge in [-0.15, -0.1) is 0 Å². The Morgan fingerprint density at radius 3 is 2.75 bits per heavy atom. The maximum atomic E-state index is 12.3. The first-order chi connectivity index (χ1) is 11.7. The molecule has 0 aliphatic rings. The maximum Gasteiger partial charge on any atom is 0.345 e. The average molecular weight is 343 g/mol. The van der Waals surface area contributed by atoms with E-state index in [0.717, 1.165) is 5.56 Å². The molecule has 0 aliphatic carbocycles. The Balaban J connectivity index is 2.07. The molecule has 0 saturated heterocycles. The molecule has 24 heavy (non-hydrogen) atoms. The molecule has 2 heterocycles. The summed E-state index contributed by atoms with van der Waals surface area (Å²) in [4.78, 5) is 20.6. The zero-order valence-corrected chi connectivity index (χ0v) is 13.8. The standard InChI is InChI=1S/C18H15ClN2O3/c1-2-23-18(22)15-16(24-11-12-6-4-3-5-7-12)13-10-20-9-8-14(13)21-17(15)19/h3-10H,2,11H2,1H3. The highest BCUT2D eigenvalue weighted by atomic mass is 35.5. The number of carbonyl (C=O) groups is 1. The van der Waals surface area contributed by atoms with E-state index < -0.39 is 5.97 Å². The molecule has 2 aromatic heterocycles. The number of benzene rings is 1. The number of rotatable bonds is 5. The normalized spacial score (nSPS) is 10.6. The van der Waals surface area contributed by atoms with Crippen molar-refractivity contribution in [2.24, 2.45) is 0 Å². The quantitative estimate of drug-likeness (QED) is 0.517. The van der Waals surface area contributed by atoms with E-state index in [1.54, 1.807) is 25.4 Å². The largest absolute Gasteiger partial charge is 0.487 e. The first kappa shape index (κ1) is 16.2. The molecular weight excluding hydrogens is 328 g/mol. The van der Waals surface area contributed by atoms with E-state index in [-0.39, 0.29) is 23.9 Å². The van der Waals surface area contributed by atoms with Gasteiger partial charge in [-0.25, -0.2) is 9.78 Å². The minimum absolute atomic E-state index is 0.0511. The van der Waals surface area contributed by atoms with E-state index in [1.807, 2.05) is 30.3 Å². The van der Waals surface area contributed by atoms with Gasteiger partial charge in [0.15, 0.2) is 0 Å². The number of aromatic nitrogens is 2.